The maximum atomic E-state index is 12.5. The smallest absolute Gasteiger partial charge is 0.248 e. The average molecular weight is 340 g/mol. The summed E-state index contributed by atoms with van der Waals surface area (Å²) >= 11 is 1.41. The summed E-state index contributed by atoms with van der Waals surface area (Å²) in [5, 5.41) is 5.33. The highest BCUT2D eigenvalue weighted by Gasteiger charge is 2.27. The molecule has 1 atom stereocenters. The average Bonchev–Trinajstić information content (AvgIpc) is 2.91. The van der Waals surface area contributed by atoms with Crippen molar-refractivity contribution in [3.8, 4) is 0 Å². The lowest BCUT2D eigenvalue weighted by atomic mass is 10.1. The first kappa shape index (κ1) is 17.8. The van der Waals surface area contributed by atoms with Gasteiger partial charge in [-0.3, -0.25) is 14.5 Å². The van der Waals surface area contributed by atoms with E-state index < -0.39 is 0 Å². The zero-order chi connectivity index (χ0) is 16.7. The Morgan fingerprint density at radius 3 is 2.87 bits per heavy atom. The molecule has 1 saturated heterocycles. The number of nitrogens with one attached hydrogen (secondary N) is 1. The van der Waals surface area contributed by atoms with Crippen LogP contribution in [0.2, 0.25) is 0 Å². The van der Waals surface area contributed by atoms with Crippen LogP contribution in [0.4, 0.5) is 5.13 Å². The van der Waals surface area contributed by atoms with Crippen LogP contribution in [0.1, 0.15) is 19.8 Å². The summed E-state index contributed by atoms with van der Waals surface area (Å²) in [5.74, 6) is -0.0197. The van der Waals surface area contributed by atoms with Gasteiger partial charge in [-0.2, -0.15) is 0 Å². The normalized spacial score (nSPS) is 17.6. The minimum Gasteiger partial charge on any atom is -0.375 e. The third-order valence-corrected chi connectivity index (χ3v) is 4.63. The molecule has 23 heavy (non-hydrogen) atoms. The third-order valence-electron chi connectivity index (χ3n) is 3.94. The summed E-state index contributed by atoms with van der Waals surface area (Å²) < 4.78 is 4.92. The van der Waals surface area contributed by atoms with E-state index in [1.54, 1.807) is 6.20 Å². The van der Waals surface area contributed by atoms with Crippen LogP contribution in [0.5, 0.6) is 0 Å². The van der Waals surface area contributed by atoms with Crippen molar-refractivity contribution in [2.24, 2.45) is 0 Å². The standard InChI is InChI=1S/C15H24N4O3S/c1-3-12(14(21)17-15-16-5-10-23-15)18-6-4-7-19(9-8-18)13(20)11-22-2/h5,10,12H,3-4,6-9,11H2,1-2H3,(H,16,17,21). The fourth-order valence-electron chi connectivity index (χ4n) is 2.80. The Hall–Kier alpha value is -1.51. The molecule has 0 saturated carbocycles. The van der Waals surface area contributed by atoms with Crippen LogP contribution >= 0.6 is 11.3 Å². The van der Waals surface area contributed by atoms with Crippen LogP contribution < -0.4 is 5.32 Å². The zero-order valence-electron chi connectivity index (χ0n) is 13.7. The minimum atomic E-state index is -0.198. The lowest BCUT2D eigenvalue weighted by Crippen LogP contribution is -2.46. The van der Waals surface area contributed by atoms with Crippen molar-refractivity contribution in [1.29, 1.82) is 0 Å². The van der Waals surface area contributed by atoms with Crippen molar-refractivity contribution >= 4 is 28.3 Å². The molecule has 7 nitrogen and oxygen atoms in total. The van der Waals surface area contributed by atoms with Gasteiger partial charge in [0.15, 0.2) is 5.13 Å². The van der Waals surface area contributed by atoms with Crippen LogP contribution in [-0.2, 0) is 14.3 Å². The van der Waals surface area contributed by atoms with E-state index in [1.165, 1.54) is 18.4 Å². The zero-order valence-corrected chi connectivity index (χ0v) is 14.5. The molecule has 1 aliphatic heterocycles. The van der Waals surface area contributed by atoms with Gasteiger partial charge in [0.05, 0.1) is 6.04 Å². The second-order valence-electron chi connectivity index (χ2n) is 5.45. The first-order chi connectivity index (χ1) is 11.2. The predicted molar refractivity (Wildman–Crippen MR) is 89.5 cm³/mol. The summed E-state index contributed by atoms with van der Waals surface area (Å²) in [7, 11) is 1.53. The Kier molecular flexibility index (Phi) is 6.94. The molecule has 2 heterocycles. The Bertz CT molecular complexity index is 509. The van der Waals surface area contributed by atoms with Crippen molar-refractivity contribution in [3.63, 3.8) is 0 Å². The van der Waals surface area contributed by atoms with E-state index in [2.05, 4.69) is 15.2 Å². The molecule has 2 rings (SSSR count). The number of hydrogen-bond donors (Lipinski definition) is 1. The fraction of sp³-hybridized carbons (Fsp3) is 0.667. The molecular weight excluding hydrogens is 316 g/mol. The van der Waals surface area contributed by atoms with Gasteiger partial charge < -0.3 is 15.0 Å². The van der Waals surface area contributed by atoms with Gasteiger partial charge in [-0.15, -0.1) is 11.3 Å². The number of ether oxygens (including phenoxy) is 1. The lowest BCUT2D eigenvalue weighted by molar-refractivity contribution is -0.135. The Morgan fingerprint density at radius 2 is 2.22 bits per heavy atom. The van der Waals surface area contributed by atoms with Gasteiger partial charge in [-0.1, -0.05) is 6.92 Å². The lowest BCUT2D eigenvalue weighted by Gasteiger charge is -2.28. The molecule has 0 radical (unpaired) electrons. The van der Waals surface area contributed by atoms with E-state index in [0.29, 0.717) is 24.8 Å². The third kappa shape index (κ3) is 4.98. The Balaban J connectivity index is 1.93. The van der Waals surface area contributed by atoms with Gasteiger partial charge in [0.2, 0.25) is 11.8 Å². The number of carbonyl (C=O) groups excluding carboxylic acids is 2. The maximum Gasteiger partial charge on any atom is 0.248 e. The van der Waals surface area contributed by atoms with Crippen LogP contribution in [0.25, 0.3) is 0 Å². The molecule has 1 N–H and O–H groups in total. The number of aromatic nitrogens is 1. The minimum absolute atomic E-state index is 0.00892. The second kappa shape index (κ2) is 8.95. The number of amides is 2. The molecule has 1 aromatic heterocycles. The molecule has 0 aliphatic carbocycles. The van der Waals surface area contributed by atoms with E-state index >= 15 is 0 Å². The van der Waals surface area contributed by atoms with E-state index in [-0.39, 0.29) is 24.5 Å². The molecule has 0 bridgehead atoms. The number of rotatable bonds is 6. The highest BCUT2D eigenvalue weighted by molar-refractivity contribution is 7.13. The molecule has 1 fully saturated rings. The fourth-order valence-corrected chi connectivity index (χ4v) is 3.33. The molecule has 1 unspecified atom stereocenters. The van der Waals surface area contributed by atoms with E-state index in [4.69, 9.17) is 4.74 Å². The summed E-state index contributed by atoms with van der Waals surface area (Å²) in [6, 6.07) is -0.198. The summed E-state index contributed by atoms with van der Waals surface area (Å²) in [6.07, 6.45) is 3.26. The number of thiazole rings is 1. The Labute approximate surface area is 140 Å². The molecule has 128 valence electrons. The summed E-state index contributed by atoms with van der Waals surface area (Å²) in [5.41, 5.74) is 0. The topological polar surface area (TPSA) is 74.8 Å². The van der Waals surface area contributed by atoms with Gasteiger partial charge in [0, 0.05) is 44.9 Å². The molecule has 1 aromatic rings. The van der Waals surface area contributed by atoms with E-state index in [0.717, 1.165) is 19.4 Å². The Morgan fingerprint density at radius 1 is 1.39 bits per heavy atom. The van der Waals surface area contributed by atoms with Gasteiger partial charge >= 0.3 is 0 Å². The molecule has 1 aliphatic rings. The highest BCUT2D eigenvalue weighted by Crippen LogP contribution is 2.15. The first-order valence-corrected chi connectivity index (χ1v) is 8.74. The van der Waals surface area contributed by atoms with Gasteiger partial charge in [-0.25, -0.2) is 4.98 Å². The van der Waals surface area contributed by atoms with E-state index in [9.17, 15) is 9.59 Å². The van der Waals surface area contributed by atoms with Crippen LogP contribution in [0.3, 0.4) is 0 Å². The van der Waals surface area contributed by atoms with Crippen molar-refractivity contribution in [2.75, 3.05) is 45.2 Å². The van der Waals surface area contributed by atoms with Crippen molar-refractivity contribution < 1.29 is 14.3 Å². The van der Waals surface area contributed by atoms with E-state index in [1.807, 2.05) is 17.2 Å². The number of anilines is 1. The summed E-state index contributed by atoms with van der Waals surface area (Å²) in [6.45, 7) is 4.96. The maximum absolute atomic E-state index is 12.5. The van der Waals surface area contributed by atoms with Gasteiger partial charge in [0.1, 0.15) is 6.61 Å². The number of carbonyl (C=O) groups is 2. The van der Waals surface area contributed by atoms with Crippen molar-refractivity contribution in [2.45, 2.75) is 25.8 Å². The second-order valence-corrected chi connectivity index (χ2v) is 6.35. The summed E-state index contributed by atoms with van der Waals surface area (Å²) in [4.78, 5) is 32.5. The van der Waals surface area contributed by atoms with Crippen molar-refractivity contribution in [1.82, 2.24) is 14.8 Å². The predicted octanol–water partition coefficient (Wildman–Crippen LogP) is 1.04. The number of nitrogens with zero attached hydrogens (tertiary/aromatic N) is 3. The monoisotopic (exact) mass is 340 g/mol. The molecule has 0 aromatic carbocycles. The first-order valence-electron chi connectivity index (χ1n) is 7.86. The molecule has 0 spiro atoms. The number of hydrogen-bond acceptors (Lipinski definition) is 6. The van der Waals surface area contributed by atoms with Crippen molar-refractivity contribution in [3.05, 3.63) is 11.6 Å². The largest absolute Gasteiger partial charge is 0.375 e. The number of methoxy groups -OCH3 is 1. The van der Waals surface area contributed by atoms with Gasteiger partial charge in [-0.05, 0) is 12.8 Å². The highest BCUT2D eigenvalue weighted by atomic mass is 32.1. The molecular formula is C15H24N4O3S. The SMILES string of the molecule is CCC(C(=O)Nc1nccs1)N1CCCN(C(=O)COC)CC1. The van der Waals surface area contributed by atoms with Crippen LogP contribution in [-0.4, -0.2) is 72.5 Å². The molecule has 8 heteroatoms. The van der Waals surface area contributed by atoms with Gasteiger partial charge in [0.25, 0.3) is 0 Å². The van der Waals surface area contributed by atoms with Crippen LogP contribution in [0.15, 0.2) is 11.6 Å². The quantitative estimate of drug-likeness (QED) is 0.837. The molecule has 2 amide bonds. The van der Waals surface area contributed by atoms with Crippen LogP contribution in [0, 0.1) is 0 Å².